The second-order valence-electron chi connectivity index (χ2n) is 12.4. The zero-order valence-corrected chi connectivity index (χ0v) is 26.8. The summed E-state index contributed by atoms with van der Waals surface area (Å²) < 4.78 is 17.2. The van der Waals surface area contributed by atoms with Crippen LogP contribution in [0.25, 0.3) is 0 Å². The molecule has 1 saturated carbocycles. The van der Waals surface area contributed by atoms with E-state index in [0.29, 0.717) is 31.0 Å². The van der Waals surface area contributed by atoms with Gasteiger partial charge >= 0.3 is 5.97 Å². The van der Waals surface area contributed by atoms with Crippen LogP contribution in [-0.2, 0) is 36.6 Å². The van der Waals surface area contributed by atoms with Gasteiger partial charge in [0.1, 0.15) is 6.29 Å². The third-order valence-corrected chi connectivity index (χ3v) is 8.85. The van der Waals surface area contributed by atoms with E-state index in [4.69, 9.17) is 24.4 Å². The minimum atomic E-state index is -0.625. The minimum absolute atomic E-state index is 0.0171. The van der Waals surface area contributed by atoms with E-state index >= 15 is 0 Å². The highest BCUT2D eigenvalue weighted by Gasteiger charge is 2.32. The van der Waals surface area contributed by atoms with Crippen LogP contribution in [0.15, 0.2) is 48.6 Å². The molecule has 1 unspecified atom stereocenters. The zero-order chi connectivity index (χ0) is 32.2. The van der Waals surface area contributed by atoms with Crippen molar-refractivity contribution in [1.29, 1.82) is 0 Å². The Bertz CT molecular complexity index is 959. The number of unbranched alkanes of at least 4 members (excludes halogenated alkanes) is 2. The molecule has 8 heteroatoms. The molecule has 1 saturated heterocycles. The van der Waals surface area contributed by atoms with Crippen molar-refractivity contribution in [3.05, 3.63) is 59.7 Å². The number of rotatable bonds is 18. The minimum Gasteiger partial charge on any atom is -0.462 e. The highest BCUT2D eigenvalue weighted by molar-refractivity contribution is 5.87. The van der Waals surface area contributed by atoms with Gasteiger partial charge < -0.3 is 29.5 Å². The molecular weight excluding hydrogens is 560 g/mol. The van der Waals surface area contributed by atoms with Crippen LogP contribution >= 0.6 is 0 Å². The highest BCUT2D eigenvalue weighted by atomic mass is 16.7. The number of ether oxygens (including phenoxy) is 3. The summed E-state index contributed by atoms with van der Waals surface area (Å²) in [6, 6.07) is 9.33. The van der Waals surface area contributed by atoms with Crippen LogP contribution in [0.2, 0.25) is 0 Å². The average Bonchev–Trinajstić information content (AvgIpc) is 3.08. The van der Waals surface area contributed by atoms with E-state index < -0.39 is 12.6 Å². The van der Waals surface area contributed by atoms with Crippen molar-refractivity contribution in [3.8, 4) is 0 Å². The number of hydrogen-bond donors (Lipinski definition) is 3. The van der Waals surface area contributed by atoms with Crippen molar-refractivity contribution in [2.24, 2.45) is 23.7 Å². The van der Waals surface area contributed by atoms with Crippen LogP contribution in [0.3, 0.4) is 0 Å². The van der Waals surface area contributed by atoms with E-state index in [2.05, 4.69) is 44.3 Å². The number of hydrogen-bond acceptors (Lipinski definition) is 8. The van der Waals surface area contributed by atoms with E-state index in [1.807, 2.05) is 0 Å². The van der Waals surface area contributed by atoms with Gasteiger partial charge in [0.25, 0.3) is 0 Å². The first kappa shape index (κ1) is 37.8. The lowest BCUT2D eigenvalue weighted by Gasteiger charge is -2.38. The molecule has 1 aliphatic carbocycles. The molecule has 0 spiro atoms. The largest absolute Gasteiger partial charge is 0.462 e. The molecule has 2 aliphatic rings. The Balaban J connectivity index is 0.00000102. The summed E-state index contributed by atoms with van der Waals surface area (Å²) in [6.45, 7) is 9.71. The molecule has 1 aromatic carbocycles. The lowest BCUT2D eigenvalue weighted by Crippen LogP contribution is -2.37. The van der Waals surface area contributed by atoms with Crippen molar-refractivity contribution in [2.45, 2.75) is 90.3 Å². The molecular formula is C36H56O8. The van der Waals surface area contributed by atoms with Gasteiger partial charge in [-0.05, 0) is 74.3 Å². The molecule has 1 aliphatic heterocycles. The lowest BCUT2D eigenvalue weighted by molar-refractivity contribution is -0.214. The molecule has 0 aromatic heterocycles. The molecule has 1 heterocycles. The van der Waals surface area contributed by atoms with Gasteiger partial charge in [0.05, 0.1) is 38.6 Å². The Morgan fingerprint density at radius 3 is 2.09 bits per heavy atom. The molecule has 3 rings (SSSR count). The van der Waals surface area contributed by atoms with Crippen molar-refractivity contribution in [1.82, 2.24) is 0 Å². The number of esters is 1. The van der Waals surface area contributed by atoms with Gasteiger partial charge in [-0.25, -0.2) is 4.79 Å². The normalized spacial score (nSPS) is 22.3. The summed E-state index contributed by atoms with van der Waals surface area (Å²) in [7, 11) is 0. The Labute approximate surface area is 264 Å². The first-order valence-electron chi connectivity index (χ1n) is 16.4. The van der Waals surface area contributed by atoms with Crippen LogP contribution in [-0.4, -0.2) is 73.5 Å². The van der Waals surface area contributed by atoms with Crippen LogP contribution in [0.5, 0.6) is 0 Å². The number of aliphatic hydroxyl groups is 3. The molecule has 2 fully saturated rings. The van der Waals surface area contributed by atoms with Crippen molar-refractivity contribution >= 4 is 12.3 Å². The van der Waals surface area contributed by atoms with Gasteiger partial charge in [0.2, 0.25) is 0 Å². The van der Waals surface area contributed by atoms with E-state index in [9.17, 15) is 14.7 Å². The van der Waals surface area contributed by atoms with E-state index in [0.717, 1.165) is 19.1 Å². The third-order valence-electron chi connectivity index (χ3n) is 8.85. The molecule has 1 atom stereocenters. The summed E-state index contributed by atoms with van der Waals surface area (Å²) in [5.74, 6) is 1.16. The van der Waals surface area contributed by atoms with Crippen molar-refractivity contribution in [2.75, 3.05) is 39.6 Å². The molecule has 0 amide bonds. The number of aliphatic hydroxyl groups excluding tert-OH is 3. The Hall–Kier alpha value is -2.36. The number of aldehydes is 1. The van der Waals surface area contributed by atoms with Crippen molar-refractivity contribution < 1.29 is 39.1 Å². The first-order valence-corrected chi connectivity index (χ1v) is 16.4. The summed E-state index contributed by atoms with van der Waals surface area (Å²) in [4.78, 5) is 21.1. The second-order valence-corrected chi connectivity index (χ2v) is 12.4. The maximum absolute atomic E-state index is 11.6. The molecule has 8 nitrogen and oxygen atoms in total. The van der Waals surface area contributed by atoms with Gasteiger partial charge in [0, 0.05) is 24.0 Å². The number of carbonyl (C=O) groups is 2. The molecule has 248 valence electrons. The zero-order valence-electron chi connectivity index (χ0n) is 26.8. The fourth-order valence-electron chi connectivity index (χ4n) is 5.76. The molecule has 1 aromatic rings. The SMILES string of the molecule is C=C(C=O)CO.C=C(CO)C(=O)OCC(CO)CCC1OCC(C2CCC(CCc3ccc(CCCCC)cc3)CC2)CO1. The summed E-state index contributed by atoms with van der Waals surface area (Å²) in [5.41, 5.74) is 3.18. The molecule has 44 heavy (non-hydrogen) atoms. The summed E-state index contributed by atoms with van der Waals surface area (Å²) >= 11 is 0. The maximum atomic E-state index is 11.6. The van der Waals surface area contributed by atoms with E-state index in [-0.39, 0.29) is 43.2 Å². The molecule has 0 bridgehead atoms. The predicted octanol–water partition coefficient (Wildman–Crippen LogP) is 5.36. The van der Waals surface area contributed by atoms with Crippen LogP contribution < -0.4 is 0 Å². The van der Waals surface area contributed by atoms with E-state index in [1.54, 1.807) is 0 Å². The first-order chi connectivity index (χ1) is 21.3. The second kappa shape index (κ2) is 22.2. The lowest BCUT2D eigenvalue weighted by atomic mass is 9.74. The fraction of sp³-hybridized carbons (Fsp3) is 0.667. The Morgan fingerprint density at radius 2 is 1.57 bits per heavy atom. The van der Waals surface area contributed by atoms with Gasteiger partial charge in [-0.15, -0.1) is 0 Å². The highest BCUT2D eigenvalue weighted by Crippen LogP contribution is 2.37. The monoisotopic (exact) mass is 616 g/mol. The topological polar surface area (TPSA) is 123 Å². The standard InChI is InChI=1S/C32H50O6.C4H6O2/c1-3-4-5-6-25-7-9-26(10-8-25)11-12-27-13-16-29(17-14-27)30-22-36-31(37-23-30)18-15-28(20-34)21-38-32(35)24(2)19-33;1-4(2-5)3-6/h7-10,27-31,33-34H,2-6,11-23H2,1H3;2,6H,1,3H2. The number of benzene rings is 1. The number of aryl methyl sites for hydroxylation is 2. The third kappa shape index (κ3) is 14.6. The summed E-state index contributed by atoms with van der Waals surface area (Å²) in [6.07, 6.45) is 14.3. The van der Waals surface area contributed by atoms with Crippen LogP contribution in [0.1, 0.15) is 82.3 Å². The van der Waals surface area contributed by atoms with Gasteiger partial charge in [-0.1, -0.05) is 70.0 Å². The quantitative estimate of drug-likeness (QED) is 0.0872. The average molecular weight is 617 g/mol. The van der Waals surface area contributed by atoms with Gasteiger partial charge in [-0.2, -0.15) is 0 Å². The van der Waals surface area contributed by atoms with Gasteiger partial charge in [0.15, 0.2) is 6.29 Å². The Kier molecular flexibility index (Phi) is 19.1. The Morgan fingerprint density at radius 1 is 0.932 bits per heavy atom. The number of carbonyl (C=O) groups excluding carboxylic acids is 2. The molecule has 0 radical (unpaired) electrons. The van der Waals surface area contributed by atoms with E-state index in [1.165, 1.54) is 75.3 Å². The smallest absolute Gasteiger partial charge is 0.335 e. The fourth-order valence-corrected chi connectivity index (χ4v) is 5.76. The predicted molar refractivity (Wildman–Crippen MR) is 172 cm³/mol. The van der Waals surface area contributed by atoms with Crippen LogP contribution in [0, 0.1) is 23.7 Å². The maximum Gasteiger partial charge on any atom is 0.335 e. The van der Waals surface area contributed by atoms with Crippen molar-refractivity contribution in [3.63, 3.8) is 0 Å². The van der Waals surface area contributed by atoms with Gasteiger partial charge in [-0.3, -0.25) is 4.79 Å². The molecule has 3 N–H and O–H groups in total. The summed E-state index contributed by atoms with van der Waals surface area (Å²) in [5, 5.41) is 26.6. The van der Waals surface area contributed by atoms with Crippen LogP contribution in [0.4, 0.5) is 0 Å².